The van der Waals surface area contributed by atoms with Crippen molar-refractivity contribution in [3.63, 3.8) is 0 Å². The minimum absolute atomic E-state index is 0.0575. The molecule has 1 rings (SSSR count). The lowest BCUT2D eigenvalue weighted by molar-refractivity contribution is -0.385. The number of nitriles is 1. The number of nitro groups is 1. The van der Waals surface area contributed by atoms with E-state index in [-0.39, 0.29) is 21.5 Å². The van der Waals surface area contributed by atoms with Crippen LogP contribution in [0.5, 0.6) is 0 Å². The topological polar surface area (TPSA) is 106 Å². The van der Waals surface area contributed by atoms with E-state index in [9.17, 15) is 10.1 Å². The summed E-state index contributed by atoms with van der Waals surface area (Å²) in [4.78, 5) is 13.3. The fraction of sp³-hybridized carbons (Fsp3) is 0. The van der Waals surface area contributed by atoms with Crippen LogP contribution in [0, 0.1) is 21.4 Å². The Labute approximate surface area is 81.3 Å². The third-order valence-corrected chi connectivity index (χ3v) is 2.14. The maximum absolute atomic E-state index is 10.4. The first-order valence-corrected chi connectivity index (χ1v) is 3.85. The van der Waals surface area contributed by atoms with Crippen LogP contribution in [0.25, 0.3) is 0 Å². The SMILES string of the molecule is N#Cc1c([N+](=O)[O-])cnc(N)c1Br. The van der Waals surface area contributed by atoms with Gasteiger partial charge in [0, 0.05) is 0 Å². The zero-order chi connectivity index (χ0) is 10.0. The number of anilines is 1. The summed E-state index contributed by atoms with van der Waals surface area (Å²) < 4.78 is 0.157. The molecule has 7 heteroatoms. The molecule has 0 saturated heterocycles. The predicted octanol–water partition coefficient (Wildman–Crippen LogP) is 1.21. The van der Waals surface area contributed by atoms with Gasteiger partial charge in [0.2, 0.25) is 0 Å². The van der Waals surface area contributed by atoms with Gasteiger partial charge in [-0.2, -0.15) is 5.26 Å². The Morgan fingerprint density at radius 2 is 2.38 bits per heavy atom. The highest BCUT2D eigenvalue weighted by atomic mass is 79.9. The highest BCUT2D eigenvalue weighted by Crippen LogP contribution is 2.28. The molecule has 6 nitrogen and oxygen atoms in total. The van der Waals surface area contributed by atoms with Crippen LogP contribution >= 0.6 is 15.9 Å². The third-order valence-electron chi connectivity index (χ3n) is 1.33. The van der Waals surface area contributed by atoms with Crippen molar-refractivity contribution in [2.45, 2.75) is 0 Å². The summed E-state index contributed by atoms with van der Waals surface area (Å²) in [5, 5.41) is 19.0. The number of aromatic nitrogens is 1. The molecule has 0 radical (unpaired) electrons. The second-order valence-electron chi connectivity index (χ2n) is 2.09. The molecule has 0 aliphatic carbocycles. The summed E-state index contributed by atoms with van der Waals surface area (Å²) in [6.07, 6.45) is 0.957. The lowest BCUT2D eigenvalue weighted by Gasteiger charge is -1.99. The van der Waals surface area contributed by atoms with Gasteiger partial charge >= 0.3 is 5.69 Å². The largest absolute Gasteiger partial charge is 0.383 e. The van der Waals surface area contributed by atoms with Crippen LogP contribution in [0.1, 0.15) is 5.56 Å². The van der Waals surface area contributed by atoms with Gasteiger partial charge in [0.25, 0.3) is 0 Å². The molecule has 0 aromatic carbocycles. The number of hydrogen-bond acceptors (Lipinski definition) is 5. The van der Waals surface area contributed by atoms with E-state index >= 15 is 0 Å². The molecule has 1 heterocycles. The van der Waals surface area contributed by atoms with E-state index in [1.165, 1.54) is 0 Å². The molecule has 2 N–H and O–H groups in total. The fourth-order valence-electron chi connectivity index (χ4n) is 0.737. The molecule has 66 valence electrons. The van der Waals surface area contributed by atoms with Gasteiger partial charge in [-0.1, -0.05) is 0 Å². The number of hydrogen-bond donors (Lipinski definition) is 1. The molecule has 0 unspecified atom stereocenters. The minimum atomic E-state index is -0.685. The Hall–Kier alpha value is -1.68. The molecule has 13 heavy (non-hydrogen) atoms. The molecule has 1 aromatic rings. The lowest BCUT2D eigenvalue weighted by atomic mass is 10.2. The first-order chi connectivity index (χ1) is 6.07. The fourth-order valence-corrected chi connectivity index (χ4v) is 1.13. The van der Waals surface area contributed by atoms with Crippen molar-refractivity contribution < 1.29 is 4.92 Å². The van der Waals surface area contributed by atoms with Crippen LogP contribution in [0.2, 0.25) is 0 Å². The first kappa shape index (κ1) is 9.41. The summed E-state index contributed by atoms with van der Waals surface area (Å²) in [6, 6.07) is 1.68. The molecule has 0 fully saturated rings. The molecule has 0 atom stereocenters. The highest BCUT2D eigenvalue weighted by molar-refractivity contribution is 9.10. The number of rotatable bonds is 1. The van der Waals surface area contributed by atoms with Crippen LogP contribution in [-0.4, -0.2) is 9.91 Å². The molecule has 0 amide bonds. The second kappa shape index (κ2) is 3.37. The van der Waals surface area contributed by atoms with E-state index in [4.69, 9.17) is 11.0 Å². The van der Waals surface area contributed by atoms with E-state index in [2.05, 4.69) is 20.9 Å². The van der Waals surface area contributed by atoms with Gasteiger partial charge in [-0.3, -0.25) is 10.1 Å². The van der Waals surface area contributed by atoms with E-state index < -0.39 is 4.92 Å². The van der Waals surface area contributed by atoms with Crippen LogP contribution < -0.4 is 5.73 Å². The smallest absolute Gasteiger partial charge is 0.306 e. The predicted molar refractivity (Wildman–Crippen MR) is 47.7 cm³/mol. The number of halogens is 1. The van der Waals surface area contributed by atoms with E-state index in [0.29, 0.717) is 0 Å². The Bertz CT molecular complexity index is 412. The van der Waals surface area contributed by atoms with Crippen molar-refractivity contribution in [1.82, 2.24) is 4.98 Å². The van der Waals surface area contributed by atoms with Gasteiger partial charge in [0.1, 0.15) is 23.6 Å². The van der Waals surface area contributed by atoms with Crippen molar-refractivity contribution in [2.75, 3.05) is 5.73 Å². The molecular weight excluding hydrogens is 240 g/mol. The van der Waals surface area contributed by atoms with Crippen LogP contribution in [0.3, 0.4) is 0 Å². The van der Waals surface area contributed by atoms with Gasteiger partial charge in [-0.05, 0) is 15.9 Å². The summed E-state index contributed by atoms with van der Waals surface area (Å²) >= 11 is 2.95. The normalized spacial score (nSPS) is 9.23. The molecule has 0 spiro atoms. The van der Waals surface area contributed by atoms with Crippen molar-refractivity contribution in [3.8, 4) is 6.07 Å². The van der Waals surface area contributed by atoms with Crippen LogP contribution in [-0.2, 0) is 0 Å². The lowest BCUT2D eigenvalue weighted by Crippen LogP contribution is -1.99. The van der Waals surface area contributed by atoms with Gasteiger partial charge in [-0.25, -0.2) is 4.98 Å². The van der Waals surface area contributed by atoms with E-state index in [1.807, 2.05) is 0 Å². The molecule has 1 aromatic heterocycles. The van der Waals surface area contributed by atoms with Crippen molar-refractivity contribution in [2.24, 2.45) is 0 Å². The number of nitrogens with two attached hydrogens (primary N) is 1. The summed E-state index contributed by atoms with van der Waals surface area (Å²) in [7, 11) is 0. The van der Waals surface area contributed by atoms with Crippen LogP contribution in [0.4, 0.5) is 11.5 Å². The maximum atomic E-state index is 10.4. The Kier molecular flexibility index (Phi) is 2.44. The molecule has 0 aliphatic heterocycles. The van der Waals surface area contributed by atoms with E-state index in [0.717, 1.165) is 6.20 Å². The van der Waals surface area contributed by atoms with Crippen molar-refractivity contribution in [3.05, 3.63) is 26.3 Å². The molecular formula is C6H3BrN4O2. The Balaban J connectivity index is 3.50. The van der Waals surface area contributed by atoms with Gasteiger partial charge in [-0.15, -0.1) is 0 Å². The Morgan fingerprint density at radius 3 is 2.85 bits per heavy atom. The molecule has 0 aliphatic rings. The summed E-state index contributed by atoms with van der Waals surface area (Å²) in [5.41, 5.74) is 4.86. The zero-order valence-electron chi connectivity index (χ0n) is 6.19. The minimum Gasteiger partial charge on any atom is -0.383 e. The summed E-state index contributed by atoms with van der Waals surface area (Å²) in [6.45, 7) is 0. The van der Waals surface area contributed by atoms with Crippen molar-refractivity contribution >= 4 is 27.4 Å². The average Bonchev–Trinajstić information content (AvgIpc) is 2.09. The average molecular weight is 243 g/mol. The van der Waals surface area contributed by atoms with Gasteiger partial charge < -0.3 is 5.73 Å². The standard InChI is InChI=1S/C6H3BrN4O2/c7-5-3(1-8)4(11(12)13)2-10-6(5)9/h2H,(H2,9,10). The van der Waals surface area contributed by atoms with E-state index in [1.54, 1.807) is 6.07 Å². The van der Waals surface area contributed by atoms with Crippen LogP contribution in [0.15, 0.2) is 10.7 Å². The third kappa shape index (κ3) is 1.57. The number of nitrogens with zero attached hydrogens (tertiary/aromatic N) is 3. The number of nitrogen functional groups attached to an aromatic ring is 1. The first-order valence-electron chi connectivity index (χ1n) is 3.06. The summed E-state index contributed by atoms with van der Waals surface area (Å²) in [5.74, 6) is 0.0575. The van der Waals surface area contributed by atoms with Crippen molar-refractivity contribution in [1.29, 1.82) is 5.26 Å². The monoisotopic (exact) mass is 242 g/mol. The van der Waals surface area contributed by atoms with Gasteiger partial charge in [0.15, 0.2) is 0 Å². The molecule has 0 saturated carbocycles. The second-order valence-corrected chi connectivity index (χ2v) is 2.88. The van der Waals surface area contributed by atoms with Gasteiger partial charge in [0.05, 0.1) is 9.40 Å². The molecule has 0 bridgehead atoms. The number of pyridine rings is 1. The highest BCUT2D eigenvalue weighted by Gasteiger charge is 2.19. The Morgan fingerprint density at radius 1 is 1.77 bits per heavy atom. The quantitative estimate of drug-likeness (QED) is 0.589. The zero-order valence-corrected chi connectivity index (χ0v) is 7.78. The maximum Gasteiger partial charge on any atom is 0.306 e.